The summed E-state index contributed by atoms with van der Waals surface area (Å²) in [6, 6.07) is -0.132. The van der Waals surface area contributed by atoms with Crippen LogP contribution >= 0.6 is 0 Å². The number of aliphatic hydroxyl groups excluding tert-OH is 1. The van der Waals surface area contributed by atoms with Crippen molar-refractivity contribution in [3.63, 3.8) is 0 Å². The molecule has 0 aromatic carbocycles. The van der Waals surface area contributed by atoms with Gasteiger partial charge in [-0.15, -0.1) is 0 Å². The molecule has 3 N–H and O–H groups in total. The quantitative estimate of drug-likeness (QED) is 0.420. The van der Waals surface area contributed by atoms with E-state index in [1.54, 1.807) is 6.08 Å². The molecule has 0 aromatic rings. The minimum absolute atomic E-state index is 0.132. The Morgan fingerprint density at radius 3 is 3.00 bits per heavy atom. The van der Waals surface area contributed by atoms with E-state index in [4.69, 9.17) is 10.9 Å². The molecule has 0 saturated carbocycles. The van der Waals surface area contributed by atoms with Crippen LogP contribution in [0.4, 0.5) is 0 Å². The Kier molecular flexibility index (Phi) is 1.17. The highest BCUT2D eigenvalue weighted by atomic mass is 16.3. The van der Waals surface area contributed by atoms with Crippen LogP contribution in [0.2, 0.25) is 0 Å². The predicted molar refractivity (Wildman–Crippen MR) is 30.1 cm³/mol. The highest BCUT2D eigenvalue weighted by Crippen LogP contribution is 1.89. The van der Waals surface area contributed by atoms with E-state index in [1.807, 2.05) is 0 Å². The lowest BCUT2D eigenvalue weighted by Gasteiger charge is -2.14. The summed E-state index contributed by atoms with van der Waals surface area (Å²) in [4.78, 5) is 3.50. The minimum atomic E-state index is -0.132. The third-order valence-corrected chi connectivity index (χ3v) is 0.854. The van der Waals surface area contributed by atoms with Gasteiger partial charge in [0.05, 0.1) is 6.54 Å². The number of hydrazine groups is 1. The maximum absolute atomic E-state index is 8.68. The second-order valence-electron chi connectivity index (χ2n) is 1.47. The summed E-state index contributed by atoms with van der Waals surface area (Å²) < 4.78 is 0. The number of rotatable bonds is 0. The number of nitrogens with zero attached hydrogens (tertiary/aromatic N) is 2. The Morgan fingerprint density at radius 1 is 1.88 bits per heavy atom. The second-order valence-corrected chi connectivity index (χ2v) is 1.47. The Morgan fingerprint density at radius 2 is 2.62 bits per heavy atom. The van der Waals surface area contributed by atoms with Crippen molar-refractivity contribution in [3.05, 3.63) is 12.3 Å². The number of hydrogen-bond donors (Lipinski definition) is 2. The normalized spacial score (nSPS) is 18.6. The van der Waals surface area contributed by atoms with Crippen molar-refractivity contribution in [1.82, 2.24) is 5.01 Å². The zero-order valence-electron chi connectivity index (χ0n) is 4.28. The summed E-state index contributed by atoms with van der Waals surface area (Å²) in [7, 11) is 0. The molecule has 0 fully saturated rings. The van der Waals surface area contributed by atoms with Crippen LogP contribution in [0.25, 0.3) is 0 Å². The number of nitrogens with two attached hydrogens (primary N) is 1. The lowest BCUT2D eigenvalue weighted by molar-refractivity contribution is 0.360. The van der Waals surface area contributed by atoms with Gasteiger partial charge in [0.1, 0.15) is 0 Å². The van der Waals surface area contributed by atoms with E-state index in [9.17, 15) is 0 Å². The van der Waals surface area contributed by atoms with Crippen molar-refractivity contribution in [2.75, 3.05) is 6.54 Å². The van der Waals surface area contributed by atoms with Crippen LogP contribution in [0, 0.1) is 0 Å². The molecule has 1 aliphatic heterocycles. The van der Waals surface area contributed by atoms with Gasteiger partial charge in [-0.3, -0.25) is 5.01 Å². The third-order valence-electron chi connectivity index (χ3n) is 0.854. The Hall–Kier alpha value is -1.03. The average Bonchev–Trinajstić information content (AvgIpc) is 1.77. The fraction of sp³-hybridized carbons (Fsp3) is 0.250. The van der Waals surface area contributed by atoms with E-state index >= 15 is 0 Å². The van der Waals surface area contributed by atoms with E-state index in [0.717, 1.165) is 5.01 Å². The van der Waals surface area contributed by atoms with Gasteiger partial charge in [-0.25, -0.2) is 10.8 Å². The van der Waals surface area contributed by atoms with E-state index in [1.165, 1.54) is 6.20 Å². The van der Waals surface area contributed by atoms with Crippen LogP contribution < -0.4 is 5.84 Å². The minimum Gasteiger partial charge on any atom is -0.480 e. The summed E-state index contributed by atoms with van der Waals surface area (Å²) in [6.07, 6.45) is 3.26. The van der Waals surface area contributed by atoms with Gasteiger partial charge in [0.2, 0.25) is 0 Å². The Bertz CT molecular complexity index is 140. The molecule has 0 spiro atoms. The first kappa shape index (κ1) is 5.11. The number of aliphatic hydroxyl groups is 1. The standard InChI is InChI=1S/C4H7N3O/c5-7-3-1-2-6-4(7)8/h1-2H,3,5H2,(H,6,8). The van der Waals surface area contributed by atoms with E-state index in [-0.39, 0.29) is 6.02 Å². The lowest BCUT2D eigenvalue weighted by Crippen LogP contribution is -2.38. The monoisotopic (exact) mass is 113 g/mol. The van der Waals surface area contributed by atoms with E-state index in [2.05, 4.69) is 4.99 Å². The third kappa shape index (κ3) is 0.788. The predicted octanol–water partition coefficient (Wildman–Crippen LogP) is -0.397. The van der Waals surface area contributed by atoms with Crippen LogP contribution in [-0.4, -0.2) is 22.7 Å². The molecule has 4 nitrogen and oxygen atoms in total. The summed E-state index contributed by atoms with van der Waals surface area (Å²) in [5.41, 5.74) is 0. The molecular weight excluding hydrogens is 106 g/mol. The molecule has 1 heterocycles. The highest BCUT2D eigenvalue weighted by molar-refractivity contribution is 5.72. The van der Waals surface area contributed by atoms with Crippen molar-refractivity contribution in [2.45, 2.75) is 0 Å². The van der Waals surface area contributed by atoms with Crippen molar-refractivity contribution in [1.29, 1.82) is 0 Å². The molecule has 0 unspecified atom stereocenters. The number of aliphatic imine (C=N–C) groups is 1. The molecule has 4 heteroatoms. The van der Waals surface area contributed by atoms with Gasteiger partial charge in [0.25, 0.3) is 0 Å². The molecule has 8 heavy (non-hydrogen) atoms. The second kappa shape index (κ2) is 1.83. The molecular formula is C4H7N3O. The maximum Gasteiger partial charge on any atom is 0.304 e. The van der Waals surface area contributed by atoms with Crippen LogP contribution in [0.1, 0.15) is 0 Å². The largest absolute Gasteiger partial charge is 0.480 e. The molecule has 0 atom stereocenters. The van der Waals surface area contributed by atoms with Crippen LogP contribution in [-0.2, 0) is 0 Å². The van der Waals surface area contributed by atoms with Gasteiger partial charge < -0.3 is 5.11 Å². The summed E-state index contributed by atoms with van der Waals surface area (Å²) >= 11 is 0. The zero-order valence-corrected chi connectivity index (χ0v) is 4.28. The van der Waals surface area contributed by atoms with Gasteiger partial charge in [-0.2, -0.15) is 0 Å². The highest BCUT2D eigenvalue weighted by Gasteiger charge is 2.02. The number of amidine groups is 1. The van der Waals surface area contributed by atoms with Gasteiger partial charge >= 0.3 is 6.02 Å². The molecule has 0 amide bonds. The first-order chi connectivity index (χ1) is 3.80. The van der Waals surface area contributed by atoms with Crippen molar-refractivity contribution < 1.29 is 5.11 Å². The summed E-state index contributed by atoms with van der Waals surface area (Å²) in [5.74, 6) is 5.18. The average molecular weight is 113 g/mol. The van der Waals surface area contributed by atoms with Gasteiger partial charge in [-0.1, -0.05) is 0 Å². The van der Waals surface area contributed by atoms with Crippen molar-refractivity contribution >= 4 is 6.02 Å². The fourth-order valence-corrected chi connectivity index (χ4v) is 0.436. The van der Waals surface area contributed by atoms with E-state index in [0.29, 0.717) is 6.54 Å². The van der Waals surface area contributed by atoms with Crippen LogP contribution in [0.5, 0.6) is 0 Å². The number of hydrogen-bond acceptors (Lipinski definition) is 3. The Labute approximate surface area is 46.9 Å². The van der Waals surface area contributed by atoms with Crippen molar-refractivity contribution in [2.24, 2.45) is 10.8 Å². The summed E-state index contributed by atoms with van der Waals surface area (Å²) in [5, 5.41) is 9.83. The zero-order chi connectivity index (χ0) is 5.98. The molecule has 1 rings (SSSR count). The maximum atomic E-state index is 8.68. The first-order valence-corrected chi connectivity index (χ1v) is 2.25. The molecule has 0 radical (unpaired) electrons. The molecule has 44 valence electrons. The molecule has 1 aliphatic rings. The topological polar surface area (TPSA) is 61.8 Å². The van der Waals surface area contributed by atoms with Gasteiger partial charge in [0, 0.05) is 6.20 Å². The SMILES string of the molecule is NN1CC=CN=C1O. The summed E-state index contributed by atoms with van der Waals surface area (Å²) in [6.45, 7) is 0.523. The van der Waals surface area contributed by atoms with Crippen LogP contribution in [0.3, 0.4) is 0 Å². The van der Waals surface area contributed by atoms with Gasteiger partial charge in [0.15, 0.2) is 0 Å². The fourth-order valence-electron chi connectivity index (χ4n) is 0.436. The smallest absolute Gasteiger partial charge is 0.304 e. The lowest BCUT2D eigenvalue weighted by atomic mass is 10.5. The first-order valence-electron chi connectivity index (χ1n) is 2.25. The molecule has 0 aromatic heterocycles. The Balaban J connectivity index is 2.66. The van der Waals surface area contributed by atoms with Crippen LogP contribution in [0.15, 0.2) is 17.3 Å². The molecule has 0 bridgehead atoms. The molecule has 0 aliphatic carbocycles. The van der Waals surface area contributed by atoms with Crippen molar-refractivity contribution in [3.8, 4) is 0 Å². The van der Waals surface area contributed by atoms with E-state index < -0.39 is 0 Å². The van der Waals surface area contributed by atoms with Gasteiger partial charge in [-0.05, 0) is 6.08 Å². The molecule has 0 saturated heterocycles.